The Balaban J connectivity index is 3.35. The molecule has 1 rings (SSSR count). The van der Waals surface area contributed by atoms with Gasteiger partial charge in [0.2, 0.25) is 5.75 Å². The fourth-order valence-electron chi connectivity index (χ4n) is 0.855. The van der Waals surface area contributed by atoms with Crippen molar-refractivity contribution in [2.24, 2.45) is 0 Å². The highest BCUT2D eigenvalue weighted by Gasteiger charge is 2.18. The van der Waals surface area contributed by atoms with E-state index < -0.39 is 10.7 Å². The van der Waals surface area contributed by atoms with Crippen LogP contribution in [0.1, 0.15) is 0 Å². The Morgan fingerprint density at radius 1 is 1.62 bits per heavy atom. The number of hydrogen-bond acceptors (Lipinski definition) is 4. The van der Waals surface area contributed by atoms with E-state index in [0.717, 1.165) is 0 Å². The monoisotopic (exact) mass is 247 g/mol. The van der Waals surface area contributed by atoms with E-state index in [1.807, 2.05) is 0 Å². The van der Waals surface area contributed by atoms with Gasteiger partial charge in [0, 0.05) is 10.5 Å². The Kier molecular flexibility index (Phi) is 2.72. The van der Waals surface area contributed by atoms with Crippen molar-refractivity contribution in [3.05, 3.63) is 26.7 Å². The minimum atomic E-state index is -0.678. The van der Waals surface area contributed by atoms with Crippen molar-refractivity contribution >= 4 is 21.6 Å². The van der Waals surface area contributed by atoms with Gasteiger partial charge < -0.3 is 9.84 Å². The van der Waals surface area contributed by atoms with Gasteiger partial charge in [-0.05, 0) is 6.07 Å². The molecule has 1 aromatic carbocycles. The topological polar surface area (TPSA) is 72.6 Å². The molecule has 0 aliphatic heterocycles. The number of nitro benzene ring substituents is 1. The number of nitro groups is 1. The molecule has 0 spiro atoms. The molecule has 6 heteroatoms. The molecule has 0 unspecified atom stereocenters. The first-order valence-corrected chi connectivity index (χ1v) is 4.06. The third-order valence-corrected chi connectivity index (χ3v) is 1.89. The molecule has 0 saturated heterocycles. The molecule has 0 saturated carbocycles. The first kappa shape index (κ1) is 9.79. The summed E-state index contributed by atoms with van der Waals surface area (Å²) in [5.74, 6) is -0.392. The first-order chi connectivity index (χ1) is 6.06. The Labute approximate surface area is 82.2 Å². The van der Waals surface area contributed by atoms with Crippen LogP contribution in [0.4, 0.5) is 5.69 Å². The number of halogens is 1. The average molecular weight is 248 g/mol. The lowest BCUT2D eigenvalue weighted by Gasteiger charge is -2.03. The molecule has 0 bridgehead atoms. The predicted molar refractivity (Wildman–Crippen MR) is 49.0 cm³/mol. The number of aromatic hydroxyl groups is 1. The normalized spacial score (nSPS) is 9.69. The molecule has 0 heterocycles. The van der Waals surface area contributed by atoms with Crippen LogP contribution in [0, 0.1) is 10.1 Å². The van der Waals surface area contributed by atoms with Crippen molar-refractivity contribution in [2.75, 3.05) is 7.11 Å². The SMILES string of the molecule is COc1cc(Br)cc([N+](=O)[O-])c1O. The van der Waals surface area contributed by atoms with Crippen molar-refractivity contribution < 1.29 is 14.8 Å². The Morgan fingerprint density at radius 3 is 2.69 bits per heavy atom. The van der Waals surface area contributed by atoms with Gasteiger partial charge >= 0.3 is 5.69 Å². The molecule has 13 heavy (non-hydrogen) atoms. The van der Waals surface area contributed by atoms with Crippen LogP contribution in [0.15, 0.2) is 16.6 Å². The minimum Gasteiger partial charge on any atom is -0.500 e. The smallest absolute Gasteiger partial charge is 0.315 e. The van der Waals surface area contributed by atoms with Crippen LogP contribution in [0.5, 0.6) is 11.5 Å². The quantitative estimate of drug-likeness (QED) is 0.642. The molecule has 1 aromatic rings. The summed E-state index contributed by atoms with van der Waals surface area (Å²) in [5.41, 5.74) is -0.383. The van der Waals surface area contributed by atoms with Crippen molar-refractivity contribution in [1.29, 1.82) is 0 Å². The number of phenolic OH excluding ortho intramolecular Hbond substituents is 1. The zero-order valence-electron chi connectivity index (χ0n) is 6.65. The zero-order valence-corrected chi connectivity index (χ0v) is 8.24. The molecule has 0 aromatic heterocycles. The lowest BCUT2D eigenvalue weighted by molar-refractivity contribution is -0.386. The Bertz CT molecular complexity index is 353. The largest absolute Gasteiger partial charge is 0.500 e. The van der Waals surface area contributed by atoms with Crippen LogP contribution in [0.2, 0.25) is 0 Å². The zero-order chi connectivity index (χ0) is 10.0. The molecule has 1 N–H and O–H groups in total. The third kappa shape index (κ3) is 1.89. The fraction of sp³-hybridized carbons (Fsp3) is 0.143. The highest BCUT2D eigenvalue weighted by atomic mass is 79.9. The van der Waals surface area contributed by atoms with Gasteiger partial charge in [0.15, 0.2) is 5.75 Å². The fourth-order valence-corrected chi connectivity index (χ4v) is 1.28. The molecular weight excluding hydrogens is 242 g/mol. The van der Waals surface area contributed by atoms with Crippen LogP contribution >= 0.6 is 15.9 Å². The van der Waals surface area contributed by atoms with E-state index >= 15 is 0 Å². The summed E-state index contributed by atoms with van der Waals surface area (Å²) in [4.78, 5) is 9.73. The summed E-state index contributed by atoms with van der Waals surface area (Å²) in [6, 6.07) is 2.65. The molecule has 0 atom stereocenters. The lowest BCUT2D eigenvalue weighted by atomic mass is 10.3. The highest BCUT2D eigenvalue weighted by Crippen LogP contribution is 2.38. The van der Waals surface area contributed by atoms with Gasteiger partial charge in [-0.3, -0.25) is 10.1 Å². The molecule has 0 fully saturated rings. The number of methoxy groups -OCH3 is 1. The lowest BCUT2D eigenvalue weighted by Crippen LogP contribution is -1.91. The molecule has 70 valence electrons. The third-order valence-electron chi connectivity index (χ3n) is 1.44. The number of phenols is 1. The second-order valence-corrected chi connectivity index (χ2v) is 3.15. The van der Waals surface area contributed by atoms with Gasteiger partial charge in [-0.15, -0.1) is 0 Å². The van der Waals surface area contributed by atoms with E-state index in [1.165, 1.54) is 19.2 Å². The molecule has 0 aliphatic carbocycles. The van der Waals surface area contributed by atoms with Crippen LogP contribution in [-0.2, 0) is 0 Å². The molecule has 0 aliphatic rings. The van der Waals surface area contributed by atoms with Gasteiger partial charge in [0.05, 0.1) is 12.0 Å². The molecule has 0 radical (unpaired) electrons. The number of ether oxygens (including phenoxy) is 1. The van der Waals surface area contributed by atoms with Gasteiger partial charge in [0.1, 0.15) is 0 Å². The van der Waals surface area contributed by atoms with E-state index in [2.05, 4.69) is 15.9 Å². The second-order valence-electron chi connectivity index (χ2n) is 2.23. The van der Waals surface area contributed by atoms with Crippen molar-refractivity contribution in [1.82, 2.24) is 0 Å². The van der Waals surface area contributed by atoms with Gasteiger partial charge in [-0.1, -0.05) is 15.9 Å². The summed E-state index contributed by atoms with van der Waals surface area (Å²) >= 11 is 3.06. The predicted octanol–water partition coefficient (Wildman–Crippen LogP) is 2.07. The standard InChI is InChI=1S/C7H6BrNO4/c1-13-6-3-4(8)2-5(7(6)10)9(11)12/h2-3,10H,1H3. The summed E-state index contributed by atoms with van der Waals surface area (Å²) in [5, 5.41) is 19.7. The number of hydrogen-bond donors (Lipinski definition) is 1. The van der Waals surface area contributed by atoms with Crippen molar-refractivity contribution in [3.8, 4) is 11.5 Å². The molecule has 0 amide bonds. The summed E-state index contributed by atoms with van der Waals surface area (Å²) < 4.78 is 5.21. The number of nitrogens with zero attached hydrogens (tertiary/aromatic N) is 1. The summed E-state index contributed by atoms with van der Waals surface area (Å²) in [6.07, 6.45) is 0. The van der Waals surface area contributed by atoms with E-state index in [9.17, 15) is 15.2 Å². The Hall–Kier alpha value is -1.30. The maximum atomic E-state index is 10.4. The van der Waals surface area contributed by atoms with E-state index in [0.29, 0.717) is 4.47 Å². The number of benzene rings is 1. The first-order valence-electron chi connectivity index (χ1n) is 3.27. The van der Waals surface area contributed by atoms with E-state index in [4.69, 9.17) is 4.74 Å². The van der Waals surface area contributed by atoms with Crippen LogP contribution in [0.25, 0.3) is 0 Å². The maximum Gasteiger partial charge on any atom is 0.315 e. The van der Waals surface area contributed by atoms with Crippen LogP contribution in [0.3, 0.4) is 0 Å². The van der Waals surface area contributed by atoms with Gasteiger partial charge in [0.25, 0.3) is 0 Å². The molecular formula is C7H6BrNO4. The van der Waals surface area contributed by atoms with Gasteiger partial charge in [-0.25, -0.2) is 0 Å². The average Bonchev–Trinajstić information content (AvgIpc) is 2.08. The second kappa shape index (κ2) is 3.61. The molecule has 5 nitrogen and oxygen atoms in total. The van der Waals surface area contributed by atoms with Gasteiger partial charge in [-0.2, -0.15) is 0 Å². The minimum absolute atomic E-state index is 0.0704. The van der Waals surface area contributed by atoms with E-state index in [-0.39, 0.29) is 11.4 Å². The van der Waals surface area contributed by atoms with Crippen LogP contribution < -0.4 is 4.74 Å². The maximum absolute atomic E-state index is 10.4. The number of rotatable bonds is 2. The Morgan fingerprint density at radius 2 is 2.23 bits per heavy atom. The summed E-state index contributed by atoms with van der Waals surface area (Å²) in [6.45, 7) is 0. The van der Waals surface area contributed by atoms with Crippen molar-refractivity contribution in [3.63, 3.8) is 0 Å². The van der Waals surface area contributed by atoms with Crippen LogP contribution in [-0.4, -0.2) is 17.1 Å². The summed E-state index contributed by atoms with van der Waals surface area (Å²) in [7, 11) is 1.32. The van der Waals surface area contributed by atoms with E-state index in [1.54, 1.807) is 0 Å². The highest BCUT2D eigenvalue weighted by molar-refractivity contribution is 9.10. The van der Waals surface area contributed by atoms with Crippen molar-refractivity contribution in [2.45, 2.75) is 0 Å².